The number of hydrogen-bond donors (Lipinski definition) is 1. The van der Waals surface area contributed by atoms with Gasteiger partial charge in [-0.3, -0.25) is 4.79 Å². The van der Waals surface area contributed by atoms with Gasteiger partial charge in [-0.1, -0.05) is 13.8 Å². The molecule has 5 aliphatic rings. The van der Waals surface area contributed by atoms with E-state index in [4.69, 9.17) is 0 Å². The average Bonchev–Trinajstić information content (AvgIpc) is 2.97. The van der Waals surface area contributed by atoms with Crippen LogP contribution in [0.5, 0.6) is 0 Å². The molecule has 2 heteroatoms. The molecule has 0 aliphatic heterocycles. The molecule has 0 aromatic heterocycles. The molecule has 5 aliphatic carbocycles. The molecule has 140 valence electrons. The van der Waals surface area contributed by atoms with Crippen LogP contribution in [-0.4, -0.2) is 17.0 Å². The second-order valence-corrected chi connectivity index (χ2v) is 11.0. The molecule has 25 heavy (non-hydrogen) atoms. The van der Waals surface area contributed by atoms with Gasteiger partial charge in [0.2, 0.25) is 0 Å². The summed E-state index contributed by atoms with van der Waals surface area (Å²) in [6, 6.07) is 0. The highest BCUT2D eigenvalue weighted by Gasteiger charge is 2.66. The minimum absolute atomic E-state index is 0.0830. The van der Waals surface area contributed by atoms with Gasteiger partial charge in [0, 0.05) is 11.8 Å². The van der Waals surface area contributed by atoms with Gasteiger partial charge in [0.05, 0.1) is 6.10 Å². The maximum atomic E-state index is 13.1. The van der Waals surface area contributed by atoms with E-state index in [9.17, 15) is 9.90 Å². The third-order valence-corrected chi connectivity index (χ3v) is 10.5. The van der Waals surface area contributed by atoms with Crippen molar-refractivity contribution in [2.45, 2.75) is 97.0 Å². The third-order valence-electron chi connectivity index (χ3n) is 10.5. The summed E-state index contributed by atoms with van der Waals surface area (Å²) in [5.41, 5.74) is 0.787. The number of carbonyl (C=O) groups excluding carboxylic acids is 1. The molecular formula is C23H36O2. The minimum atomic E-state index is -0.0830. The summed E-state index contributed by atoms with van der Waals surface area (Å²) >= 11 is 0. The van der Waals surface area contributed by atoms with Crippen molar-refractivity contribution >= 4 is 5.78 Å². The lowest BCUT2D eigenvalue weighted by Crippen LogP contribution is -2.60. The summed E-state index contributed by atoms with van der Waals surface area (Å²) in [5.74, 6) is 3.64. The molecule has 5 fully saturated rings. The number of hydrogen-bond acceptors (Lipinski definition) is 2. The van der Waals surface area contributed by atoms with Gasteiger partial charge in [-0.25, -0.2) is 0 Å². The van der Waals surface area contributed by atoms with Crippen LogP contribution in [0.1, 0.15) is 90.9 Å². The number of ketones is 1. The van der Waals surface area contributed by atoms with E-state index < -0.39 is 0 Å². The molecule has 0 aromatic rings. The zero-order valence-electron chi connectivity index (χ0n) is 16.2. The van der Waals surface area contributed by atoms with Crippen molar-refractivity contribution < 1.29 is 9.90 Å². The lowest BCUT2D eigenvalue weighted by Gasteiger charge is -2.65. The molecule has 1 N–H and O–H groups in total. The van der Waals surface area contributed by atoms with Crippen molar-refractivity contribution in [3.8, 4) is 0 Å². The minimum Gasteiger partial charge on any atom is -0.393 e. The number of aliphatic hydroxyl groups is 1. The normalized spacial score (nSPS) is 58.0. The Morgan fingerprint density at radius 1 is 0.920 bits per heavy atom. The second-order valence-electron chi connectivity index (χ2n) is 11.0. The molecule has 2 nitrogen and oxygen atoms in total. The highest BCUT2D eigenvalue weighted by atomic mass is 16.3. The van der Waals surface area contributed by atoms with E-state index in [0.29, 0.717) is 28.4 Å². The molecule has 0 aromatic carbocycles. The second kappa shape index (κ2) is 5.33. The molecule has 5 rings (SSSR count). The number of aliphatic hydroxyl groups excluding tert-OH is 1. The van der Waals surface area contributed by atoms with Crippen LogP contribution in [0.25, 0.3) is 0 Å². The highest BCUT2D eigenvalue weighted by Crippen LogP contribution is 2.71. The van der Waals surface area contributed by atoms with Gasteiger partial charge in [-0.2, -0.15) is 0 Å². The van der Waals surface area contributed by atoms with Gasteiger partial charge >= 0.3 is 0 Å². The molecule has 0 amide bonds. The van der Waals surface area contributed by atoms with Crippen LogP contribution < -0.4 is 0 Å². The monoisotopic (exact) mass is 344 g/mol. The van der Waals surface area contributed by atoms with E-state index in [1.54, 1.807) is 0 Å². The maximum absolute atomic E-state index is 13.1. The zero-order chi connectivity index (χ0) is 17.4. The van der Waals surface area contributed by atoms with Crippen molar-refractivity contribution in [2.75, 3.05) is 0 Å². The maximum Gasteiger partial charge on any atom is 0.139 e. The first-order valence-electron chi connectivity index (χ1n) is 11.1. The molecule has 0 heterocycles. The predicted octanol–water partition coefficient (Wildman–Crippen LogP) is 5.13. The summed E-state index contributed by atoms with van der Waals surface area (Å²) in [7, 11) is 0. The van der Waals surface area contributed by atoms with Crippen molar-refractivity contribution in [1.82, 2.24) is 0 Å². The Hall–Kier alpha value is -0.370. The van der Waals surface area contributed by atoms with Crippen molar-refractivity contribution in [2.24, 2.45) is 39.9 Å². The SMILES string of the molecule is CC12CCC3C4CC[C@@H]5CCCC(=O)[C@]45CCC3[C@@]1(C)CC[C@@H](O)C2. The first-order valence-corrected chi connectivity index (χ1v) is 11.1. The van der Waals surface area contributed by atoms with Crippen molar-refractivity contribution in [3.05, 3.63) is 0 Å². The molecule has 4 unspecified atom stereocenters. The topological polar surface area (TPSA) is 37.3 Å². The number of carbonyl (C=O) groups is 1. The smallest absolute Gasteiger partial charge is 0.139 e. The van der Waals surface area contributed by atoms with Crippen LogP contribution in [0.15, 0.2) is 0 Å². The highest BCUT2D eigenvalue weighted by molar-refractivity contribution is 5.86. The first-order chi connectivity index (χ1) is 11.9. The molecule has 5 saturated carbocycles. The van der Waals surface area contributed by atoms with E-state index in [1.165, 1.54) is 51.4 Å². The summed E-state index contributed by atoms with van der Waals surface area (Å²) in [4.78, 5) is 13.1. The molecule has 8 atom stereocenters. The Bertz CT molecular complexity index is 585. The Morgan fingerprint density at radius 3 is 2.60 bits per heavy atom. The van der Waals surface area contributed by atoms with Crippen LogP contribution in [0.3, 0.4) is 0 Å². The summed E-state index contributed by atoms with van der Waals surface area (Å²) in [6.07, 6.45) is 14.2. The van der Waals surface area contributed by atoms with Gasteiger partial charge in [0.1, 0.15) is 5.78 Å². The quantitative estimate of drug-likeness (QED) is 0.661. The molecule has 1 spiro atoms. The standard InChI is InChI=1S/C23H36O2/c1-21-11-9-17-18(22(21,2)12-8-16(24)14-21)10-13-23-15(6-7-19(17)23)4-3-5-20(23)25/h15-19,24H,3-14H2,1-2H3/t15-,16+,17?,18?,19?,21?,22+,23-/m0/s1. The molecule has 0 radical (unpaired) electrons. The van der Waals surface area contributed by atoms with Crippen LogP contribution in [0.2, 0.25) is 0 Å². The lowest BCUT2D eigenvalue weighted by molar-refractivity contribution is -0.179. The van der Waals surface area contributed by atoms with Gasteiger partial charge < -0.3 is 5.11 Å². The number of rotatable bonds is 0. The van der Waals surface area contributed by atoms with Gasteiger partial charge in [0.15, 0.2) is 0 Å². The molecule has 0 saturated heterocycles. The van der Waals surface area contributed by atoms with E-state index in [0.717, 1.165) is 37.5 Å². The van der Waals surface area contributed by atoms with E-state index in [2.05, 4.69) is 13.8 Å². The Morgan fingerprint density at radius 2 is 1.76 bits per heavy atom. The summed E-state index contributed by atoms with van der Waals surface area (Å²) < 4.78 is 0. The van der Waals surface area contributed by atoms with Gasteiger partial charge in [-0.15, -0.1) is 0 Å². The van der Waals surface area contributed by atoms with E-state index in [-0.39, 0.29) is 11.5 Å². The third kappa shape index (κ3) is 1.98. The Balaban J connectivity index is 1.50. The van der Waals surface area contributed by atoms with Crippen molar-refractivity contribution in [3.63, 3.8) is 0 Å². The Kier molecular flexibility index (Phi) is 3.58. The summed E-state index contributed by atoms with van der Waals surface area (Å²) in [5, 5.41) is 10.3. The number of fused-ring (bicyclic) bond motifs is 4. The van der Waals surface area contributed by atoms with Crippen LogP contribution in [0, 0.1) is 39.9 Å². The zero-order valence-corrected chi connectivity index (χ0v) is 16.2. The van der Waals surface area contributed by atoms with Gasteiger partial charge in [0.25, 0.3) is 0 Å². The van der Waals surface area contributed by atoms with E-state index >= 15 is 0 Å². The first kappa shape index (κ1) is 16.8. The molecule has 0 bridgehead atoms. The fourth-order valence-electron chi connectivity index (χ4n) is 9.11. The molecular weight excluding hydrogens is 308 g/mol. The fraction of sp³-hybridized carbons (Fsp3) is 0.957. The van der Waals surface area contributed by atoms with Crippen LogP contribution >= 0.6 is 0 Å². The Labute approximate surface area is 153 Å². The number of Topliss-reactive ketones (excluding diaryl/α,β-unsaturated/α-hetero) is 1. The lowest BCUT2D eigenvalue weighted by atomic mass is 9.39. The van der Waals surface area contributed by atoms with Crippen molar-refractivity contribution in [1.29, 1.82) is 0 Å². The predicted molar refractivity (Wildman–Crippen MR) is 99.0 cm³/mol. The van der Waals surface area contributed by atoms with Gasteiger partial charge in [-0.05, 0) is 105 Å². The largest absolute Gasteiger partial charge is 0.393 e. The summed E-state index contributed by atoms with van der Waals surface area (Å²) in [6.45, 7) is 5.03. The van der Waals surface area contributed by atoms with E-state index in [1.807, 2.05) is 0 Å². The van der Waals surface area contributed by atoms with Crippen LogP contribution in [0.4, 0.5) is 0 Å². The fourth-order valence-corrected chi connectivity index (χ4v) is 9.11. The average molecular weight is 345 g/mol. The van der Waals surface area contributed by atoms with Crippen LogP contribution in [-0.2, 0) is 4.79 Å².